The summed E-state index contributed by atoms with van der Waals surface area (Å²) in [6.07, 6.45) is 2.85. The molecule has 0 radical (unpaired) electrons. The number of primary amides is 1. The number of carbonyl (C=O) groups is 1. The molecule has 0 saturated carbocycles. The van der Waals surface area contributed by atoms with Crippen LogP contribution in [0.3, 0.4) is 0 Å². The Hall–Kier alpha value is -0.232. The Morgan fingerprint density at radius 2 is 2.33 bits per heavy atom. The van der Waals surface area contributed by atoms with E-state index in [0.717, 1.165) is 11.6 Å². The van der Waals surface area contributed by atoms with Gasteiger partial charge in [-0.25, -0.2) is 0 Å². The maximum atomic E-state index is 10.4. The molecule has 0 aliphatic rings. The van der Waals surface area contributed by atoms with Gasteiger partial charge in [-0.05, 0) is 0 Å². The molecule has 0 fully saturated rings. The first kappa shape index (κ1) is 8.77. The Kier molecular flexibility index (Phi) is 4.51. The molecule has 52 valence electrons. The summed E-state index contributed by atoms with van der Waals surface area (Å²) in [5.74, 6) is -0.309. The SMILES string of the molecule is CC(=CCC[AsH2])C(N)=O. The van der Waals surface area contributed by atoms with Crippen LogP contribution in [-0.2, 0) is 4.79 Å². The third kappa shape index (κ3) is 4.28. The Morgan fingerprint density at radius 1 is 1.78 bits per heavy atom. The van der Waals surface area contributed by atoms with E-state index in [1.54, 1.807) is 23.8 Å². The molecule has 0 heterocycles. The van der Waals surface area contributed by atoms with Gasteiger partial charge in [0, 0.05) is 0 Å². The van der Waals surface area contributed by atoms with E-state index in [0.29, 0.717) is 5.57 Å². The third-order valence-corrected chi connectivity index (χ3v) is 1.71. The van der Waals surface area contributed by atoms with Crippen molar-refractivity contribution in [2.75, 3.05) is 0 Å². The summed E-state index contributed by atoms with van der Waals surface area (Å²) in [5.41, 5.74) is 5.65. The zero-order valence-electron chi connectivity index (χ0n) is 5.55. The topological polar surface area (TPSA) is 43.1 Å². The fraction of sp³-hybridized carbons (Fsp3) is 0.500. The van der Waals surface area contributed by atoms with Crippen molar-refractivity contribution >= 4 is 22.8 Å². The van der Waals surface area contributed by atoms with Crippen molar-refractivity contribution in [2.24, 2.45) is 5.73 Å². The van der Waals surface area contributed by atoms with Gasteiger partial charge in [0.1, 0.15) is 0 Å². The van der Waals surface area contributed by atoms with Crippen LogP contribution in [-0.4, -0.2) is 22.8 Å². The van der Waals surface area contributed by atoms with Crippen LogP contribution in [0.25, 0.3) is 0 Å². The predicted octanol–water partition coefficient (Wildman–Crippen LogP) is -0.140. The standard InChI is InChI=1S/C6H12AsNO/c1-5(6(8)9)3-2-4-7/h3H,2,4,7H2,1H3,(H2,8,9). The van der Waals surface area contributed by atoms with E-state index in [1.165, 1.54) is 0 Å². The van der Waals surface area contributed by atoms with Crippen molar-refractivity contribution in [2.45, 2.75) is 18.6 Å². The van der Waals surface area contributed by atoms with Gasteiger partial charge >= 0.3 is 63.5 Å². The van der Waals surface area contributed by atoms with Gasteiger partial charge in [0.05, 0.1) is 0 Å². The second-order valence-corrected chi connectivity index (χ2v) is 3.04. The van der Waals surface area contributed by atoms with Crippen molar-refractivity contribution in [1.82, 2.24) is 0 Å². The van der Waals surface area contributed by atoms with E-state index >= 15 is 0 Å². The summed E-state index contributed by atoms with van der Waals surface area (Å²) < 4.78 is 0. The number of hydrogen-bond acceptors (Lipinski definition) is 1. The first-order valence-electron chi connectivity index (χ1n) is 2.85. The Bertz CT molecular complexity index is 131. The van der Waals surface area contributed by atoms with Crippen LogP contribution in [0, 0.1) is 0 Å². The van der Waals surface area contributed by atoms with E-state index in [1.807, 2.05) is 6.08 Å². The normalized spacial score (nSPS) is 11.6. The predicted molar refractivity (Wildman–Crippen MR) is 40.9 cm³/mol. The summed E-state index contributed by atoms with van der Waals surface area (Å²) in [6, 6.07) is 0. The molecule has 1 unspecified atom stereocenters. The van der Waals surface area contributed by atoms with E-state index < -0.39 is 0 Å². The van der Waals surface area contributed by atoms with Gasteiger partial charge in [0.2, 0.25) is 0 Å². The third-order valence-electron chi connectivity index (χ3n) is 1.01. The van der Waals surface area contributed by atoms with Crippen molar-refractivity contribution < 1.29 is 4.79 Å². The summed E-state index contributed by atoms with van der Waals surface area (Å²) in [6.45, 7) is 1.74. The fourth-order valence-corrected chi connectivity index (χ4v) is 0.750. The van der Waals surface area contributed by atoms with Gasteiger partial charge in [-0.3, -0.25) is 0 Å². The molecule has 3 heteroatoms. The van der Waals surface area contributed by atoms with Crippen molar-refractivity contribution in [3.05, 3.63) is 11.6 Å². The molecule has 0 aromatic heterocycles. The summed E-state index contributed by atoms with van der Waals surface area (Å²) in [7, 11) is 0. The van der Waals surface area contributed by atoms with Gasteiger partial charge in [0.15, 0.2) is 0 Å². The van der Waals surface area contributed by atoms with E-state index in [9.17, 15) is 4.79 Å². The fourth-order valence-electron chi connectivity index (χ4n) is 0.400. The molecule has 2 N–H and O–H groups in total. The van der Waals surface area contributed by atoms with Crippen LogP contribution in [0.15, 0.2) is 11.6 Å². The molecule has 1 atom stereocenters. The average molecular weight is 189 g/mol. The molecule has 0 spiro atoms. The quantitative estimate of drug-likeness (QED) is 0.487. The van der Waals surface area contributed by atoms with Crippen molar-refractivity contribution in [3.63, 3.8) is 0 Å². The summed E-state index contributed by atoms with van der Waals surface area (Å²) in [4.78, 5) is 10.4. The number of rotatable bonds is 3. The molecule has 0 aliphatic heterocycles. The van der Waals surface area contributed by atoms with Gasteiger partial charge in [-0.2, -0.15) is 0 Å². The molecule has 0 aromatic carbocycles. The van der Waals surface area contributed by atoms with Crippen LogP contribution < -0.4 is 5.73 Å². The monoisotopic (exact) mass is 189 g/mol. The van der Waals surface area contributed by atoms with Crippen LogP contribution >= 0.6 is 0 Å². The van der Waals surface area contributed by atoms with Gasteiger partial charge < -0.3 is 0 Å². The molecule has 0 aromatic rings. The van der Waals surface area contributed by atoms with Crippen LogP contribution in [0.5, 0.6) is 0 Å². The number of allylic oxidation sites excluding steroid dienone is 1. The Labute approximate surface area is 64.0 Å². The zero-order chi connectivity index (χ0) is 7.28. The first-order valence-corrected chi connectivity index (χ1v) is 4.56. The number of carbonyl (C=O) groups excluding carboxylic acids is 1. The van der Waals surface area contributed by atoms with Crippen LogP contribution in [0.1, 0.15) is 13.3 Å². The number of nitrogens with two attached hydrogens (primary N) is 1. The first-order chi connectivity index (χ1) is 4.18. The second-order valence-electron chi connectivity index (χ2n) is 1.83. The van der Waals surface area contributed by atoms with Crippen molar-refractivity contribution in [3.8, 4) is 0 Å². The molecule has 0 aliphatic carbocycles. The Balaban J connectivity index is 3.69. The molecule has 0 saturated heterocycles. The minimum absolute atomic E-state index is 0.309. The minimum atomic E-state index is -0.309. The molecule has 0 rings (SSSR count). The van der Waals surface area contributed by atoms with Crippen LogP contribution in [0.4, 0.5) is 0 Å². The van der Waals surface area contributed by atoms with Gasteiger partial charge in [0.25, 0.3) is 0 Å². The molecule has 1 amide bonds. The van der Waals surface area contributed by atoms with E-state index in [2.05, 4.69) is 0 Å². The van der Waals surface area contributed by atoms with E-state index in [-0.39, 0.29) is 5.91 Å². The Morgan fingerprint density at radius 3 is 2.67 bits per heavy atom. The molecule has 9 heavy (non-hydrogen) atoms. The summed E-state index contributed by atoms with van der Waals surface area (Å²) in [5, 5.41) is 1.12. The number of hydrogen-bond donors (Lipinski definition) is 1. The zero-order valence-corrected chi connectivity index (χ0v) is 7.98. The maximum absolute atomic E-state index is 10.4. The van der Waals surface area contributed by atoms with Crippen molar-refractivity contribution in [1.29, 1.82) is 0 Å². The summed E-state index contributed by atoms with van der Waals surface area (Å²) >= 11 is 1.67. The van der Waals surface area contributed by atoms with Gasteiger partial charge in [-0.15, -0.1) is 0 Å². The van der Waals surface area contributed by atoms with Crippen LogP contribution in [0.2, 0.25) is 5.21 Å². The number of amides is 1. The second kappa shape index (κ2) is 4.63. The molecule has 0 bridgehead atoms. The average Bonchev–Trinajstić information content (AvgIpc) is 1.82. The molecular formula is C6H12AsNO. The molecular weight excluding hydrogens is 177 g/mol. The molecule has 2 nitrogen and oxygen atoms in total. The van der Waals surface area contributed by atoms with Gasteiger partial charge in [-0.1, -0.05) is 0 Å². The van der Waals surface area contributed by atoms with E-state index in [4.69, 9.17) is 5.73 Å².